The van der Waals surface area contributed by atoms with Crippen LogP contribution in [0.2, 0.25) is 0 Å². The molecule has 0 spiro atoms. The molecule has 1 fully saturated rings. The Morgan fingerprint density at radius 2 is 2.05 bits per heavy atom. The molecule has 0 saturated carbocycles. The van der Waals surface area contributed by atoms with Crippen molar-refractivity contribution in [1.82, 2.24) is 9.80 Å². The average molecular weight is 292 g/mol. The highest BCUT2D eigenvalue weighted by Crippen LogP contribution is 2.22. The summed E-state index contributed by atoms with van der Waals surface area (Å²) in [7, 11) is 0. The van der Waals surface area contributed by atoms with Gasteiger partial charge in [0.1, 0.15) is 17.6 Å². The van der Waals surface area contributed by atoms with E-state index in [1.165, 1.54) is 4.90 Å². The third kappa shape index (κ3) is 3.12. The Bertz CT molecular complexity index is 523. The van der Waals surface area contributed by atoms with Gasteiger partial charge in [-0.2, -0.15) is 0 Å². The van der Waals surface area contributed by atoms with Gasteiger partial charge in [-0.3, -0.25) is 9.69 Å². The molecule has 0 bridgehead atoms. The van der Waals surface area contributed by atoms with Crippen molar-refractivity contribution in [1.29, 1.82) is 0 Å². The Morgan fingerprint density at radius 3 is 2.62 bits per heavy atom. The molecule has 1 aliphatic heterocycles. The van der Waals surface area contributed by atoms with E-state index in [0.717, 1.165) is 30.8 Å². The smallest absolute Gasteiger partial charge is 0.327 e. The molecule has 0 aromatic carbocycles. The molecule has 2 rings (SSSR count). The van der Waals surface area contributed by atoms with Crippen LogP contribution in [0.25, 0.3) is 0 Å². The van der Waals surface area contributed by atoms with Crippen LogP contribution >= 0.6 is 0 Å². The standard InChI is InChI=1S/C16H24N2O3/c1-5-10-17-13(4)15(19)18(16(17)20)11(2)6-8-14-9-7-12(3)21-14/h7,9,11,13H,5-6,8,10H2,1-4H3. The fourth-order valence-corrected chi connectivity index (χ4v) is 2.77. The monoisotopic (exact) mass is 292 g/mol. The Kier molecular flexibility index (Phi) is 4.70. The summed E-state index contributed by atoms with van der Waals surface area (Å²) in [4.78, 5) is 27.8. The zero-order valence-corrected chi connectivity index (χ0v) is 13.3. The highest BCUT2D eigenvalue weighted by Gasteiger charge is 2.43. The largest absolute Gasteiger partial charge is 0.466 e. The van der Waals surface area contributed by atoms with Crippen LogP contribution in [0.4, 0.5) is 4.79 Å². The van der Waals surface area contributed by atoms with Crippen molar-refractivity contribution in [3.05, 3.63) is 23.7 Å². The molecule has 0 aliphatic carbocycles. The predicted molar refractivity (Wildman–Crippen MR) is 79.9 cm³/mol. The number of carbonyl (C=O) groups is 2. The zero-order chi connectivity index (χ0) is 15.6. The minimum Gasteiger partial charge on any atom is -0.466 e. The van der Waals surface area contributed by atoms with Gasteiger partial charge >= 0.3 is 6.03 Å². The number of hydrogen-bond acceptors (Lipinski definition) is 3. The maximum Gasteiger partial charge on any atom is 0.327 e. The van der Waals surface area contributed by atoms with E-state index >= 15 is 0 Å². The number of carbonyl (C=O) groups excluding carboxylic acids is 2. The molecule has 1 aromatic rings. The third-order valence-electron chi connectivity index (χ3n) is 4.02. The van der Waals surface area contributed by atoms with E-state index in [1.807, 2.05) is 32.9 Å². The second-order valence-corrected chi connectivity index (χ2v) is 5.76. The molecular formula is C16H24N2O3. The van der Waals surface area contributed by atoms with Crippen LogP contribution in [0.15, 0.2) is 16.5 Å². The van der Waals surface area contributed by atoms with Gasteiger partial charge in [-0.05, 0) is 45.7 Å². The molecule has 5 heteroatoms. The lowest BCUT2D eigenvalue weighted by atomic mass is 10.1. The highest BCUT2D eigenvalue weighted by molar-refractivity contribution is 6.04. The molecule has 3 amide bonds. The molecule has 2 unspecified atom stereocenters. The number of imide groups is 1. The van der Waals surface area contributed by atoms with Crippen LogP contribution in [-0.4, -0.2) is 40.4 Å². The number of hydrogen-bond donors (Lipinski definition) is 0. The van der Waals surface area contributed by atoms with E-state index < -0.39 is 0 Å². The van der Waals surface area contributed by atoms with Crippen molar-refractivity contribution in [2.24, 2.45) is 0 Å². The van der Waals surface area contributed by atoms with Gasteiger partial charge in [-0.1, -0.05) is 6.92 Å². The predicted octanol–water partition coefficient (Wildman–Crippen LogP) is 2.97. The van der Waals surface area contributed by atoms with Crippen molar-refractivity contribution in [3.8, 4) is 0 Å². The van der Waals surface area contributed by atoms with Crippen molar-refractivity contribution >= 4 is 11.9 Å². The lowest BCUT2D eigenvalue weighted by molar-refractivity contribution is -0.129. The van der Waals surface area contributed by atoms with Crippen molar-refractivity contribution < 1.29 is 14.0 Å². The molecule has 1 aliphatic rings. The molecule has 116 valence electrons. The number of amides is 3. The number of urea groups is 1. The van der Waals surface area contributed by atoms with E-state index in [4.69, 9.17) is 4.42 Å². The van der Waals surface area contributed by atoms with E-state index in [1.54, 1.807) is 11.8 Å². The minimum absolute atomic E-state index is 0.0865. The molecule has 0 radical (unpaired) electrons. The minimum atomic E-state index is -0.342. The van der Waals surface area contributed by atoms with Crippen molar-refractivity contribution in [3.63, 3.8) is 0 Å². The van der Waals surface area contributed by atoms with E-state index in [-0.39, 0.29) is 24.0 Å². The second kappa shape index (κ2) is 6.33. The maximum absolute atomic E-state index is 12.4. The van der Waals surface area contributed by atoms with Crippen LogP contribution in [0, 0.1) is 6.92 Å². The lowest BCUT2D eigenvalue weighted by Crippen LogP contribution is -2.40. The van der Waals surface area contributed by atoms with Crippen LogP contribution in [0.3, 0.4) is 0 Å². The summed E-state index contributed by atoms with van der Waals surface area (Å²) < 4.78 is 5.53. The first kappa shape index (κ1) is 15.6. The number of rotatable bonds is 6. The SMILES string of the molecule is CCCN1C(=O)N(C(C)CCc2ccc(C)o2)C(=O)C1C. The normalized spacial score (nSPS) is 20.5. The molecule has 2 atom stereocenters. The van der Waals surface area contributed by atoms with Gasteiger partial charge in [0.15, 0.2) is 0 Å². The van der Waals surface area contributed by atoms with Crippen LogP contribution < -0.4 is 0 Å². The topological polar surface area (TPSA) is 53.8 Å². The van der Waals surface area contributed by atoms with Gasteiger partial charge in [-0.15, -0.1) is 0 Å². The Hall–Kier alpha value is -1.78. The quantitative estimate of drug-likeness (QED) is 0.757. The summed E-state index contributed by atoms with van der Waals surface area (Å²) in [6.45, 7) is 8.28. The van der Waals surface area contributed by atoms with E-state index in [0.29, 0.717) is 6.54 Å². The third-order valence-corrected chi connectivity index (χ3v) is 4.02. The summed E-state index contributed by atoms with van der Waals surface area (Å²) in [6.07, 6.45) is 2.31. The van der Waals surface area contributed by atoms with Gasteiger partial charge in [-0.25, -0.2) is 4.79 Å². The Balaban J connectivity index is 1.99. The van der Waals surface area contributed by atoms with E-state index in [9.17, 15) is 9.59 Å². The maximum atomic E-state index is 12.4. The van der Waals surface area contributed by atoms with Gasteiger partial charge < -0.3 is 9.32 Å². The Labute approximate surface area is 125 Å². The average Bonchev–Trinajstić information content (AvgIpc) is 2.94. The van der Waals surface area contributed by atoms with E-state index in [2.05, 4.69) is 0 Å². The van der Waals surface area contributed by atoms with Crippen LogP contribution in [0.5, 0.6) is 0 Å². The molecule has 1 saturated heterocycles. The number of aryl methyl sites for hydroxylation is 2. The molecule has 5 nitrogen and oxygen atoms in total. The molecule has 1 aromatic heterocycles. The first-order chi connectivity index (χ1) is 9.95. The summed E-state index contributed by atoms with van der Waals surface area (Å²) in [5, 5.41) is 0. The number of nitrogens with zero attached hydrogens (tertiary/aromatic N) is 2. The van der Waals surface area contributed by atoms with Gasteiger partial charge in [0.05, 0.1) is 0 Å². The molecular weight excluding hydrogens is 268 g/mol. The highest BCUT2D eigenvalue weighted by atomic mass is 16.3. The first-order valence-electron chi connectivity index (χ1n) is 7.64. The molecule has 2 heterocycles. The number of furan rings is 1. The fraction of sp³-hybridized carbons (Fsp3) is 0.625. The van der Waals surface area contributed by atoms with Crippen LogP contribution in [0.1, 0.15) is 45.1 Å². The summed E-state index contributed by atoms with van der Waals surface area (Å²) in [5.74, 6) is 1.70. The summed E-state index contributed by atoms with van der Waals surface area (Å²) in [5.41, 5.74) is 0. The first-order valence-corrected chi connectivity index (χ1v) is 7.64. The Morgan fingerprint density at radius 1 is 1.33 bits per heavy atom. The fourth-order valence-electron chi connectivity index (χ4n) is 2.77. The summed E-state index contributed by atoms with van der Waals surface area (Å²) >= 11 is 0. The zero-order valence-electron chi connectivity index (χ0n) is 13.3. The molecule has 0 N–H and O–H groups in total. The van der Waals surface area contributed by atoms with Gasteiger partial charge in [0, 0.05) is 19.0 Å². The summed E-state index contributed by atoms with van der Waals surface area (Å²) in [6, 6.07) is 3.27. The van der Waals surface area contributed by atoms with Crippen LogP contribution in [-0.2, 0) is 11.2 Å². The second-order valence-electron chi connectivity index (χ2n) is 5.76. The van der Waals surface area contributed by atoms with Crippen molar-refractivity contribution in [2.75, 3.05) is 6.54 Å². The van der Waals surface area contributed by atoms with Gasteiger partial charge in [0.2, 0.25) is 0 Å². The lowest BCUT2D eigenvalue weighted by Gasteiger charge is -2.22. The molecule has 21 heavy (non-hydrogen) atoms. The van der Waals surface area contributed by atoms with Gasteiger partial charge in [0.25, 0.3) is 5.91 Å². The van der Waals surface area contributed by atoms with Crippen molar-refractivity contribution in [2.45, 2.75) is 59.0 Å².